The van der Waals surface area contributed by atoms with Gasteiger partial charge in [-0.2, -0.15) is 0 Å². The molecule has 3 aromatic carbocycles. The van der Waals surface area contributed by atoms with Crippen LogP contribution in [0, 0.1) is 6.92 Å². The number of benzene rings is 3. The molecule has 1 atom stereocenters. The molecule has 2 aromatic heterocycles. The number of nitrogens with zero attached hydrogens (tertiary/aromatic N) is 3. The molecule has 0 aliphatic rings. The molecule has 0 spiro atoms. The first-order valence-corrected chi connectivity index (χ1v) is 10.6. The minimum atomic E-state index is -1.33. The number of anilines is 1. The number of pyridine rings is 1. The van der Waals surface area contributed by atoms with Gasteiger partial charge in [-0.1, -0.05) is 48.0 Å². The lowest BCUT2D eigenvalue weighted by Crippen LogP contribution is -2.06. The first-order chi connectivity index (χ1) is 14.7. The van der Waals surface area contributed by atoms with E-state index in [0.717, 1.165) is 16.6 Å². The van der Waals surface area contributed by atoms with Gasteiger partial charge in [0.15, 0.2) is 16.8 Å². The topological polar surface area (TPSA) is 67.8 Å². The van der Waals surface area contributed by atoms with Gasteiger partial charge in [-0.3, -0.25) is 14.7 Å². The highest BCUT2D eigenvalue weighted by Crippen LogP contribution is 2.14. The van der Waals surface area contributed by atoms with Gasteiger partial charge in [0, 0.05) is 11.6 Å². The van der Waals surface area contributed by atoms with Crippen molar-refractivity contribution in [2.24, 2.45) is 0 Å². The average Bonchev–Trinajstić information content (AvgIpc) is 2.80. The largest absolute Gasteiger partial charge is 0.284 e. The van der Waals surface area contributed by atoms with Crippen LogP contribution >= 0.6 is 0 Å². The van der Waals surface area contributed by atoms with E-state index in [2.05, 4.69) is 44.8 Å². The molecule has 0 bridgehead atoms. The molecule has 1 unspecified atom stereocenters. The minimum Gasteiger partial charge on any atom is -0.284 e. The maximum absolute atomic E-state index is 12.1. The van der Waals surface area contributed by atoms with Crippen LogP contribution in [-0.2, 0) is 11.0 Å². The molecule has 0 aliphatic carbocycles. The Labute approximate surface area is 177 Å². The van der Waals surface area contributed by atoms with Crippen molar-refractivity contribution in [1.29, 1.82) is 0 Å². The molecule has 2 heterocycles. The smallest absolute Gasteiger partial charge is 0.157 e. The highest BCUT2D eigenvalue weighted by Gasteiger charge is 2.05. The summed E-state index contributed by atoms with van der Waals surface area (Å²) in [6.07, 6.45) is 3.40. The van der Waals surface area contributed by atoms with Gasteiger partial charge in [0.1, 0.15) is 0 Å². The SMILES string of the molecule is Cc1ccc2ncccc2c1.O=S(Nc1cnc2ccccc2n1)c1ccccc1. The Morgan fingerprint density at radius 2 is 1.53 bits per heavy atom. The van der Waals surface area contributed by atoms with Crippen molar-refractivity contribution in [2.45, 2.75) is 11.8 Å². The number of para-hydroxylation sites is 2. The third kappa shape index (κ3) is 4.85. The Kier molecular flexibility index (Phi) is 6.06. The van der Waals surface area contributed by atoms with Gasteiger partial charge in [-0.05, 0) is 49.4 Å². The number of aromatic nitrogens is 3. The van der Waals surface area contributed by atoms with Gasteiger partial charge in [-0.15, -0.1) is 0 Å². The van der Waals surface area contributed by atoms with Gasteiger partial charge in [0.05, 0.1) is 27.6 Å². The molecule has 0 amide bonds. The zero-order valence-corrected chi connectivity index (χ0v) is 17.2. The Balaban J connectivity index is 0.000000168. The number of hydrogen-bond acceptors (Lipinski definition) is 4. The van der Waals surface area contributed by atoms with Gasteiger partial charge in [0.2, 0.25) is 0 Å². The van der Waals surface area contributed by atoms with Crippen molar-refractivity contribution in [2.75, 3.05) is 4.72 Å². The van der Waals surface area contributed by atoms with Crippen LogP contribution in [0.5, 0.6) is 0 Å². The predicted molar refractivity (Wildman–Crippen MR) is 122 cm³/mol. The first kappa shape index (κ1) is 19.7. The van der Waals surface area contributed by atoms with Crippen molar-refractivity contribution in [3.8, 4) is 0 Å². The normalized spacial score (nSPS) is 11.5. The average molecular weight is 413 g/mol. The van der Waals surface area contributed by atoms with Crippen LogP contribution in [0.4, 0.5) is 5.82 Å². The summed E-state index contributed by atoms with van der Waals surface area (Å²) in [4.78, 5) is 13.6. The number of aryl methyl sites for hydroxylation is 1. The van der Waals surface area contributed by atoms with Crippen LogP contribution in [0.15, 0.2) is 102 Å². The summed E-state index contributed by atoms with van der Waals surface area (Å²) < 4.78 is 14.9. The molecule has 0 aliphatic heterocycles. The standard InChI is InChI=1S/C14H11N3OS.C10H9N/c18-19(11-6-2-1-3-7-11)17-14-10-15-12-8-4-5-9-13(12)16-14;1-8-4-5-10-9(7-8)3-2-6-11-10/h1-10H,(H,16,17);2-7H,1H3. The Hall–Kier alpha value is -3.64. The van der Waals surface area contributed by atoms with Crippen LogP contribution < -0.4 is 4.72 Å². The molecule has 6 heteroatoms. The molecule has 5 rings (SSSR count). The fourth-order valence-corrected chi connectivity index (χ4v) is 3.71. The van der Waals surface area contributed by atoms with Crippen LogP contribution in [0.2, 0.25) is 0 Å². The monoisotopic (exact) mass is 412 g/mol. The van der Waals surface area contributed by atoms with Crippen molar-refractivity contribution >= 4 is 38.7 Å². The number of rotatable bonds is 3. The highest BCUT2D eigenvalue weighted by molar-refractivity contribution is 7.86. The van der Waals surface area contributed by atoms with Crippen LogP contribution in [0.1, 0.15) is 5.56 Å². The minimum absolute atomic E-state index is 0.501. The number of hydrogen-bond donors (Lipinski definition) is 1. The fraction of sp³-hybridized carbons (Fsp3) is 0.0417. The van der Waals surface area contributed by atoms with Crippen LogP contribution in [-0.4, -0.2) is 19.2 Å². The van der Waals surface area contributed by atoms with E-state index in [1.165, 1.54) is 10.9 Å². The van der Waals surface area contributed by atoms with E-state index >= 15 is 0 Å². The molecule has 148 valence electrons. The maximum Gasteiger partial charge on any atom is 0.157 e. The Morgan fingerprint density at radius 3 is 2.37 bits per heavy atom. The second-order valence-corrected chi connectivity index (χ2v) is 7.84. The molecular weight excluding hydrogens is 392 g/mol. The van der Waals surface area contributed by atoms with Crippen molar-refractivity contribution in [1.82, 2.24) is 15.0 Å². The molecule has 0 fully saturated rings. The van der Waals surface area contributed by atoms with E-state index in [0.29, 0.717) is 10.7 Å². The molecule has 0 radical (unpaired) electrons. The van der Waals surface area contributed by atoms with Gasteiger partial charge < -0.3 is 0 Å². The van der Waals surface area contributed by atoms with E-state index < -0.39 is 11.0 Å². The lowest BCUT2D eigenvalue weighted by atomic mass is 10.1. The maximum atomic E-state index is 12.1. The zero-order chi connectivity index (χ0) is 20.8. The van der Waals surface area contributed by atoms with Gasteiger partial charge in [0.25, 0.3) is 0 Å². The van der Waals surface area contributed by atoms with E-state index in [9.17, 15) is 4.21 Å². The Morgan fingerprint density at radius 1 is 0.767 bits per heavy atom. The van der Waals surface area contributed by atoms with Crippen LogP contribution in [0.25, 0.3) is 21.9 Å². The van der Waals surface area contributed by atoms with E-state index in [1.807, 2.05) is 60.8 Å². The predicted octanol–water partition coefficient (Wildman–Crippen LogP) is 5.31. The third-order valence-corrected chi connectivity index (χ3v) is 5.46. The fourth-order valence-electron chi connectivity index (χ4n) is 2.90. The lowest BCUT2D eigenvalue weighted by Gasteiger charge is -2.05. The van der Waals surface area contributed by atoms with E-state index in [4.69, 9.17) is 0 Å². The number of fused-ring (bicyclic) bond motifs is 2. The summed E-state index contributed by atoms with van der Waals surface area (Å²) in [6, 6.07) is 27.1. The van der Waals surface area contributed by atoms with Crippen molar-refractivity contribution < 1.29 is 4.21 Å². The zero-order valence-electron chi connectivity index (χ0n) is 16.4. The van der Waals surface area contributed by atoms with Crippen molar-refractivity contribution in [3.05, 3.63) is 103 Å². The lowest BCUT2D eigenvalue weighted by molar-refractivity contribution is 0.686. The molecule has 5 aromatic rings. The molecule has 5 nitrogen and oxygen atoms in total. The summed E-state index contributed by atoms with van der Waals surface area (Å²) in [5.41, 5.74) is 3.94. The molecule has 0 saturated carbocycles. The molecule has 1 N–H and O–H groups in total. The second kappa shape index (κ2) is 9.24. The molecule has 30 heavy (non-hydrogen) atoms. The van der Waals surface area contributed by atoms with Crippen LogP contribution in [0.3, 0.4) is 0 Å². The molecule has 0 saturated heterocycles. The van der Waals surface area contributed by atoms with Crippen molar-refractivity contribution in [3.63, 3.8) is 0 Å². The summed E-state index contributed by atoms with van der Waals surface area (Å²) in [6.45, 7) is 2.09. The third-order valence-electron chi connectivity index (χ3n) is 4.36. The van der Waals surface area contributed by atoms with Gasteiger partial charge in [-0.25, -0.2) is 9.19 Å². The first-order valence-electron chi connectivity index (χ1n) is 9.46. The highest BCUT2D eigenvalue weighted by atomic mass is 32.2. The second-order valence-electron chi connectivity index (χ2n) is 6.63. The van der Waals surface area contributed by atoms with E-state index in [-0.39, 0.29) is 0 Å². The summed E-state index contributed by atoms with van der Waals surface area (Å²) in [5.74, 6) is 0.501. The summed E-state index contributed by atoms with van der Waals surface area (Å²) in [5, 5.41) is 1.22. The van der Waals surface area contributed by atoms with E-state index in [1.54, 1.807) is 18.3 Å². The van der Waals surface area contributed by atoms with Gasteiger partial charge >= 0.3 is 0 Å². The Bertz CT molecular complexity index is 1310. The molecular formula is C24H20N4OS. The quantitative estimate of drug-likeness (QED) is 0.436. The summed E-state index contributed by atoms with van der Waals surface area (Å²) >= 11 is 0. The number of nitrogens with one attached hydrogen (secondary N) is 1. The summed E-state index contributed by atoms with van der Waals surface area (Å²) in [7, 11) is -1.33.